The van der Waals surface area contributed by atoms with Crippen molar-refractivity contribution >= 4 is 5.69 Å². The lowest BCUT2D eigenvalue weighted by molar-refractivity contribution is 0.257. The van der Waals surface area contributed by atoms with Crippen LogP contribution in [0.25, 0.3) is 0 Å². The first-order valence-corrected chi connectivity index (χ1v) is 8.17. The summed E-state index contributed by atoms with van der Waals surface area (Å²) in [5, 5.41) is 3.42. The summed E-state index contributed by atoms with van der Waals surface area (Å²) in [4.78, 5) is 2.56. The zero-order chi connectivity index (χ0) is 14.8. The van der Waals surface area contributed by atoms with E-state index in [0.717, 1.165) is 44.1 Å². The van der Waals surface area contributed by atoms with Gasteiger partial charge in [-0.05, 0) is 41.7 Å². The molecule has 0 spiro atoms. The fourth-order valence-electron chi connectivity index (χ4n) is 3.38. The van der Waals surface area contributed by atoms with Crippen molar-refractivity contribution in [1.29, 1.82) is 0 Å². The molecule has 0 saturated carbocycles. The van der Waals surface area contributed by atoms with Crippen LogP contribution in [-0.4, -0.2) is 31.1 Å². The smallest absolute Gasteiger partial charge is 0.142 e. The Balaban J connectivity index is 1.39. The summed E-state index contributed by atoms with van der Waals surface area (Å²) in [6.45, 7) is 5.04. The molecular formula is C19H22N2O. The normalized spacial score (nSPS) is 17.1. The first kappa shape index (κ1) is 13.6. The van der Waals surface area contributed by atoms with Gasteiger partial charge in [0.25, 0.3) is 0 Å². The van der Waals surface area contributed by atoms with E-state index in [1.165, 1.54) is 29.7 Å². The molecule has 0 aliphatic carbocycles. The Morgan fingerprint density at radius 2 is 2.00 bits per heavy atom. The second kappa shape index (κ2) is 6.01. The zero-order valence-corrected chi connectivity index (χ0v) is 12.8. The maximum atomic E-state index is 5.64. The van der Waals surface area contributed by atoms with Crippen LogP contribution in [0, 0.1) is 0 Å². The Kier molecular flexibility index (Phi) is 3.73. The first-order chi connectivity index (χ1) is 10.9. The van der Waals surface area contributed by atoms with E-state index in [1.54, 1.807) is 0 Å². The molecule has 0 aromatic heterocycles. The maximum absolute atomic E-state index is 5.64. The summed E-state index contributed by atoms with van der Waals surface area (Å²) < 4.78 is 5.64. The van der Waals surface area contributed by atoms with E-state index in [4.69, 9.17) is 4.74 Å². The lowest BCUT2D eigenvalue weighted by atomic mass is 9.99. The van der Waals surface area contributed by atoms with Gasteiger partial charge in [0.05, 0.1) is 5.69 Å². The highest BCUT2D eigenvalue weighted by atomic mass is 16.5. The number of fused-ring (bicyclic) bond motifs is 2. The Morgan fingerprint density at radius 1 is 1.09 bits per heavy atom. The minimum Gasteiger partial charge on any atom is -0.490 e. The van der Waals surface area contributed by atoms with E-state index >= 15 is 0 Å². The Morgan fingerprint density at radius 3 is 2.95 bits per heavy atom. The van der Waals surface area contributed by atoms with E-state index < -0.39 is 0 Å². The van der Waals surface area contributed by atoms with Crippen molar-refractivity contribution in [3.63, 3.8) is 0 Å². The molecule has 3 nitrogen and oxygen atoms in total. The predicted molar refractivity (Wildman–Crippen MR) is 89.6 cm³/mol. The summed E-state index contributed by atoms with van der Waals surface area (Å²) in [6.07, 6.45) is 2.27. The third kappa shape index (κ3) is 2.81. The largest absolute Gasteiger partial charge is 0.490 e. The third-order valence-electron chi connectivity index (χ3n) is 4.65. The summed E-state index contributed by atoms with van der Waals surface area (Å²) in [6, 6.07) is 15.4. The summed E-state index contributed by atoms with van der Waals surface area (Å²) in [7, 11) is 0. The van der Waals surface area contributed by atoms with Gasteiger partial charge in [-0.1, -0.05) is 30.3 Å². The van der Waals surface area contributed by atoms with Crippen LogP contribution in [0.15, 0.2) is 42.5 Å². The molecule has 0 fully saturated rings. The van der Waals surface area contributed by atoms with Crippen LogP contribution in [0.3, 0.4) is 0 Å². The second-order valence-corrected chi connectivity index (χ2v) is 6.15. The number of nitrogens with zero attached hydrogens (tertiary/aromatic N) is 1. The number of nitrogens with one attached hydrogen (secondary N) is 1. The van der Waals surface area contributed by atoms with Crippen LogP contribution in [0.4, 0.5) is 5.69 Å². The lowest BCUT2D eigenvalue weighted by Gasteiger charge is -2.28. The molecular weight excluding hydrogens is 272 g/mol. The minimum atomic E-state index is 0.763. The molecule has 0 amide bonds. The average Bonchev–Trinajstić information content (AvgIpc) is 2.59. The number of ether oxygens (including phenoxy) is 1. The molecule has 0 bridgehead atoms. The van der Waals surface area contributed by atoms with Gasteiger partial charge >= 0.3 is 0 Å². The van der Waals surface area contributed by atoms with E-state index in [-0.39, 0.29) is 0 Å². The highest BCUT2D eigenvalue weighted by molar-refractivity contribution is 5.59. The Labute approximate surface area is 131 Å². The Hall–Kier alpha value is -2.00. The van der Waals surface area contributed by atoms with Crippen molar-refractivity contribution in [3.8, 4) is 5.75 Å². The number of hydrogen-bond acceptors (Lipinski definition) is 3. The van der Waals surface area contributed by atoms with Crippen LogP contribution >= 0.6 is 0 Å². The molecule has 0 atom stereocenters. The van der Waals surface area contributed by atoms with Crippen molar-refractivity contribution in [2.45, 2.75) is 19.4 Å². The van der Waals surface area contributed by atoms with Crippen molar-refractivity contribution in [2.75, 3.05) is 31.6 Å². The fourth-order valence-corrected chi connectivity index (χ4v) is 3.38. The quantitative estimate of drug-likeness (QED) is 0.941. The number of rotatable bonds is 3. The van der Waals surface area contributed by atoms with Gasteiger partial charge in [-0.25, -0.2) is 0 Å². The average molecular weight is 294 g/mol. The monoisotopic (exact) mass is 294 g/mol. The van der Waals surface area contributed by atoms with E-state index in [0.29, 0.717) is 0 Å². The molecule has 3 heteroatoms. The highest BCUT2D eigenvalue weighted by Crippen LogP contribution is 2.28. The molecule has 2 aliphatic rings. The van der Waals surface area contributed by atoms with Crippen LogP contribution in [-0.2, 0) is 19.4 Å². The first-order valence-electron chi connectivity index (χ1n) is 8.17. The third-order valence-corrected chi connectivity index (χ3v) is 4.65. The minimum absolute atomic E-state index is 0.763. The van der Waals surface area contributed by atoms with Gasteiger partial charge in [-0.2, -0.15) is 0 Å². The van der Waals surface area contributed by atoms with Crippen LogP contribution in [0.2, 0.25) is 0 Å². The predicted octanol–water partition coefficient (Wildman–Crippen LogP) is 3.09. The SMILES string of the molecule is c1ccc2c(c1)CCN(CCc1ccc3c(c1)NCCO3)C2. The molecule has 2 aromatic carbocycles. The molecule has 22 heavy (non-hydrogen) atoms. The van der Waals surface area contributed by atoms with Gasteiger partial charge < -0.3 is 10.1 Å². The molecule has 2 heterocycles. The van der Waals surface area contributed by atoms with E-state index in [9.17, 15) is 0 Å². The standard InChI is InChI=1S/C19H22N2O/c1-2-4-17-14-21(11-8-16(17)3-1)10-7-15-5-6-19-18(13-15)20-9-12-22-19/h1-6,13,20H,7-12,14H2. The van der Waals surface area contributed by atoms with Crippen LogP contribution in [0.1, 0.15) is 16.7 Å². The fraction of sp³-hybridized carbons (Fsp3) is 0.368. The topological polar surface area (TPSA) is 24.5 Å². The van der Waals surface area contributed by atoms with Crippen molar-refractivity contribution in [2.24, 2.45) is 0 Å². The van der Waals surface area contributed by atoms with Gasteiger partial charge in [0.2, 0.25) is 0 Å². The van der Waals surface area contributed by atoms with E-state index in [2.05, 4.69) is 52.7 Å². The number of hydrogen-bond donors (Lipinski definition) is 1. The molecule has 4 rings (SSSR count). The summed E-state index contributed by atoms with van der Waals surface area (Å²) >= 11 is 0. The molecule has 2 aromatic rings. The summed E-state index contributed by atoms with van der Waals surface area (Å²) in [5.74, 6) is 0.988. The van der Waals surface area contributed by atoms with Crippen molar-refractivity contribution < 1.29 is 4.74 Å². The second-order valence-electron chi connectivity index (χ2n) is 6.15. The summed E-state index contributed by atoms with van der Waals surface area (Å²) in [5.41, 5.74) is 5.55. The van der Waals surface area contributed by atoms with Gasteiger partial charge in [-0.15, -0.1) is 0 Å². The number of benzene rings is 2. The maximum Gasteiger partial charge on any atom is 0.142 e. The molecule has 2 aliphatic heterocycles. The van der Waals surface area contributed by atoms with E-state index in [1.807, 2.05) is 0 Å². The molecule has 0 unspecified atom stereocenters. The van der Waals surface area contributed by atoms with Gasteiger partial charge in [-0.3, -0.25) is 4.90 Å². The lowest BCUT2D eigenvalue weighted by Crippen LogP contribution is -2.32. The van der Waals surface area contributed by atoms with Crippen LogP contribution in [0.5, 0.6) is 5.75 Å². The molecule has 0 radical (unpaired) electrons. The molecule has 114 valence electrons. The van der Waals surface area contributed by atoms with Gasteiger partial charge in [0.1, 0.15) is 12.4 Å². The van der Waals surface area contributed by atoms with Crippen molar-refractivity contribution in [1.82, 2.24) is 4.90 Å². The molecule has 0 saturated heterocycles. The van der Waals surface area contributed by atoms with Crippen LogP contribution < -0.4 is 10.1 Å². The zero-order valence-electron chi connectivity index (χ0n) is 12.8. The highest BCUT2D eigenvalue weighted by Gasteiger charge is 2.16. The Bertz CT molecular complexity index is 668. The van der Waals surface area contributed by atoms with Gasteiger partial charge in [0, 0.05) is 26.2 Å². The van der Waals surface area contributed by atoms with Crippen molar-refractivity contribution in [3.05, 3.63) is 59.2 Å². The van der Waals surface area contributed by atoms with Gasteiger partial charge in [0.15, 0.2) is 0 Å². The number of anilines is 1. The molecule has 1 N–H and O–H groups in total.